The molecule has 3 aromatic heterocycles. The molecular weight excluding hydrogens is 555 g/mol. The minimum atomic E-state index is -0.527. The molecule has 218 valence electrons. The number of hydrogen-bond donors (Lipinski definition) is 0. The van der Waals surface area contributed by atoms with Gasteiger partial charge in [0.15, 0.2) is 5.65 Å². The number of carbonyl (C=O) groups is 1. The van der Waals surface area contributed by atoms with Crippen molar-refractivity contribution in [2.45, 2.75) is 59.0 Å². The second-order valence-electron chi connectivity index (χ2n) is 11.0. The number of aromatic nitrogens is 4. The fraction of sp³-hybridized carbons (Fsp3) is 0.344. The highest BCUT2D eigenvalue weighted by Crippen LogP contribution is 2.36. The average Bonchev–Trinajstić information content (AvgIpc) is 2.97. The van der Waals surface area contributed by atoms with E-state index in [0.717, 1.165) is 11.3 Å². The van der Waals surface area contributed by atoms with E-state index in [-0.39, 0.29) is 40.2 Å². The fourth-order valence-corrected chi connectivity index (χ4v) is 5.95. The van der Waals surface area contributed by atoms with Crippen LogP contribution in [-0.2, 0) is 11.2 Å². The largest absolute Gasteiger partial charge is 0.355 e. The molecule has 2 unspecified atom stereocenters. The molecule has 4 heterocycles. The fourth-order valence-electron chi connectivity index (χ4n) is 5.69. The molecule has 1 saturated heterocycles. The van der Waals surface area contributed by atoms with E-state index in [1.54, 1.807) is 35.4 Å². The van der Waals surface area contributed by atoms with Gasteiger partial charge in [-0.15, -0.1) is 0 Å². The number of piperazine rings is 1. The minimum Gasteiger partial charge on any atom is -0.349 e. The van der Waals surface area contributed by atoms with Crippen molar-refractivity contribution < 1.29 is 9.18 Å². The van der Waals surface area contributed by atoms with Crippen molar-refractivity contribution in [1.82, 2.24) is 24.4 Å². The Bertz CT molecular complexity index is 1750. The van der Waals surface area contributed by atoms with E-state index < -0.39 is 11.5 Å². The van der Waals surface area contributed by atoms with Gasteiger partial charge < -0.3 is 9.80 Å². The number of halogens is 2. The lowest BCUT2D eigenvalue weighted by Gasteiger charge is -2.44. The maximum Gasteiger partial charge on any atom is 0.355 e. The highest BCUT2D eigenvalue weighted by Gasteiger charge is 2.34. The van der Waals surface area contributed by atoms with E-state index in [2.05, 4.69) is 16.5 Å². The van der Waals surface area contributed by atoms with Gasteiger partial charge >= 0.3 is 5.69 Å². The molecule has 8 nitrogen and oxygen atoms in total. The van der Waals surface area contributed by atoms with Gasteiger partial charge in [0, 0.05) is 36.9 Å². The molecule has 1 aliphatic heterocycles. The Morgan fingerprint density at radius 1 is 1.17 bits per heavy atom. The number of carbonyl (C=O) groups excluding carboxylic acids is 1. The smallest absolute Gasteiger partial charge is 0.349 e. The lowest BCUT2D eigenvalue weighted by atomic mass is 10.0. The van der Waals surface area contributed by atoms with Crippen LogP contribution in [0.25, 0.3) is 28.0 Å². The molecule has 4 aromatic rings. The summed E-state index contributed by atoms with van der Waals surface area (Å²) in [7, 11) is 0. The summed E-state index contributed by atoms with van der Waals surface area (Å²) >= 11 is 6.81. The van der Waals surface area contributed by atoms with E-state index in [4.69, 9.17) is 16.6 Å². The Hall–Kier alpha value is -4.11. The third-order valence-electron chi connectivity index (χ3n) is 7.83. The summed E-state index contributed by atoms with van der Waals surface area (Å²) in [5.74, 6) is -0.202. The number of amides is 1. The zero-order valence-corrected chi connectivity index (χ0v) is 25.2. The molecule has 0 bridgehead atoms. The number of fused-ring (bicyclic) bond motifs is 1. The van der Waals surface area contributed by atoms with Crippen molar-refractivity contribution in [3.05, 3.63) is 87.8 Å². The molecule has 2 atom stereocenters. The van der Waals surface area contributed by atoms with Gasteiger partial charge in [0.1, 0.15) is 11.6 Å². The van der Waals surface area contributed by atoms with Crippen molar-refractivity contribution in [3.63, 3.8) is 0 Å². The van der Waals surface area contributed by atoms with Crippen LogP contribution in [0, 0.1) is 5.82 Å². The minimum absolute atomic E-state index is 0.00260. The zero-order valence-electron chi connectivity index (χ0n) is 24.4. The van der Waals surface area contributed by atoms with E-state index in [1.807, 2.05) is 45.6 Å². The Morgan fingerprint density at radius 2 is 1.90 bits per heavy atom. The molecule has 1 aromatic carbocycles. The van der Waals surface area contributed by atoms with E-state index in [0.29, 0.717) is 42.0 Å². The second-order valence-corrected chi connectivity index (χ2v) is 11.4. The molecule has 1 amide bonds. The number of anilines is 1. The first-order valence-corrected chi connectivity index (χ1v) is 14.5. The van der Waals surface area contributed by atoms with E-state index >= 15 is 4.39 Å². The molecule has 0 radical (unpaired) electrons. The highest BCUT2D eigenvalue weighted by atomic mass is 35.5. The first kappa shape index (κ1) is 29.4. The van der Waals surface area contributed by atoms with Crippen molar-refractivity contribution in [3.8, 4) is 16.9 Å². The van der Waals surface area contributed by atoms with Crippen molar-refractivity contribution >= 4 is 34.4 Å². The van der Waals surface area contributed by atoms with E-state index in [9.17, 15) is 9.59 Å². The Balaban J connectivity index is 1.84. The Labute approximate surface area is 249 Å². The molecule has 1 fully saturated rings. The van der Waals surface area contributed by atoms with Crippen LogP contribution in [0.4, 0.5) is 10.2 Å². The standard InChI is InChI=1S/C32H34ClFN6O2/c1-7-21-13-14-35-27(18(3)4)29(21)40-31-23(15-24(33)28(36-31)22-11-9-10-12-25(22)34)30(37-32(40)42)39-17-19(5)38(16-20(39)6)26(41)8-2/h8-15,18-20H,2,7,16-17H2,1,3-6H3. The van der Waals surface area contributed by atoms with Crippen molar-refractivity contribution in [1.29, 1.82) is 0 Å². The van der Waals surface area contributed by atoms with Gasteiger partial charge in [0.05, 0.1) is 27.5 Å². The summed E-state index contributed by atoms with van der Waals surface area (Å²) in [5, 5.41) is 0.774. The topological polar surface area (TPSA) is 84.2 Å². The summed E-state index contributed by atoms with van der Waals surface area (Å²) < 4.78 is 16.5. The third kappa shape index (κ3) is 5.06. The van der Waals surface area contributed by atoms with Gasteiger partial charge in [-0.3, -0.25) is 9.78 Å². The number of hydrogen-bond acceptors (Lipinski definition) is 6. The predicted octanol–water partition coefficient (Wildman–Crippen LogP) is 5.93. The van der Waals surface area contributed by atoms with Crippen LogP contribution in [-0.4, -0.2) is 55.5 Å². The van der Waals surface area contributed by atoms with Crippen LogP contribution < -0.4 is 10.6 Å². The quantitative estimate of drug-likeness (QED) is 0.260. The molecule has 0 N–H and O–H groups in total. The van der Waals surface area contributed by atoms with Gasteiger partial charge in [0.2, 0.25) is 5.91 Å². The number of aryl methyl sites for hydroxylation is 1. The Morgan fingerprint density at radius 3 is 2.57 bits per heavy atom. The Kier molecular flexibility index (Phi) is 8.14. The molecule has 1 aliphatic rings. The third-order valence-corrected chi connectivity index (χ3v) is 8.12. The number of nitrogens with zero attached hydrogens (tertiary/aromatic N) is 6. The van der Waals surface area contributed by atoms with E-state index in [1.165, 1.54) is 16.7 Å². The lowest BCUT2D eigenvalue weighted by molar-refractivity contribution is -0.128. The van der Waals surface area contributed by atoms with Crippen LogP contribution >= 0.6 is 11.6 Å². The van der Waals surface area contributed by atoms with Crippen LogP contribution in [0.2, 0.25) is 5.02 Å². The highest BCUT2D eigenvalue weighted by molar-refractivity contribution is 6.33. The SMILES string of the molecule is C=CC(=O)N1CC(C)N(c2nc(=O)n(-c3c(CC)ccnc3C(C)C)c3nc(-c4ccccc4F)c(Cl)cc23)CC1C. The number of rotatable bonds is 6. The van der Waals surface area contributed by atoms with Crippen molar-refractivity contribution in [2.75, 3.05) is 18.0 Å². The first-order chi connectivity index (χ1) is 20.1. The van der Waals surface area contributed by atoms with Gasteiger partial charge in [-0.25, -0.2) is 18.7 Å². The van der Waals surface area contributed by atoms with Gasteiger partial charge in [-0.1, -0.05) is 51.1 Å². The summed E-state index contributed by atoms with van der Waals surface area (Å²) in [5.41, 5.74) is 2.50. The molecule has 5 rings (SSSR count). The van der Waals surface area contributed by atoms with Gasteiger partial charge in [0.25, 0.3) is 0 Å². The van der Waals surface area contributed by atoms with Crippen molar-refractivity contribution in [2.24, 2.45) is 0 Å². The molecule has 0 saturated carbocycles. The zero-order chi connectivity index (χ0) is 30.3. The second kappa shape index (κ2) is 11.6. The molecule has 42 heavy (non-hydrogen) atoms. The maximum absolute atomic E-state index is 15.0. The molecular formula is C32H34ClFN6O2. The summed E-state index contributed by atoms with van der Waals surface area (Å²) in [6.07, 6.45) is 3.71. The molecule has 0 aliphatic carbocycles. The first-order valence-electron chi connectivity index (χ1n) is 14.1. The summed E-state index contributed by atoms with van der Waals surface area (Å²) in [4.78, 5) is 44.5. The summed E-state index contributed by atoms with van der Waals surface area (Å²) in [6.45, 7) is 14.5. The van der Waals surface area contributed by atoms with Gasteiger partial charge in [-0.05, 0) is 62.1 Å². The lowest BCUT2D eigenvalue weighted by Crippen LogP contribution is -2.58. The van der Waals surface area contributed by atoms with Crippen LogP contribution in [0.1, 0.15) is 51.8 Å². The number of pyridine rings is 2. The summed E-state index contributed by atoms with van der Waals surface area (Å²) in [6, 6.07) is 9.54. The molecule has 0 spiro atoms. The van der Waals surface area contributed by atoms with Crippen LogP contribution in [0.5, 0.6) is 0 Å². The van der Waals surface area contributed by atoms with Crippen LogP contribution in [0.3, 0.4) is 0 Å². The normalized spacial score (nSPS) is 17.2. The average molecular weight is 589 g/mol. The maximum atomic E-state index is 15.0. The molecule has 10 heteroatoms. The van der Waals surface area contributed by atoms with Crippen LogP contribution in [0.15, 0.2) is 60.0 Å². The van der Waals surface area contributed by atoms with Gasteiger partial charge in [-0.2, -0.15) is 4.98 Å². The predicted molar refractivity (Wildman–Crippen MR) is 165 cm³/mol. The number of benzene rings is 1. The monoisotopic (exact) mass is 588 g/mol.